The van der Waals surface area contributed by atoms with Crippen LogP contribution in [0.1, 0.15) is 54.4 Å². The number of esters is 1. The van der Waals surface area contributed by atoms with E-state index in [0.29, 0.717) is 12.8 Å². The molecule has 31 heavy (non-hydrogen) atoms. The summed E-state index contributed by atoms with van der Waals surface area (Å²) >= 11 is 0. The lowest BCUT2D eigenvalue weighted by molar-refractivity contribution is -0.158. The Morgan fingerprint density at radius 3 is 2.58 bits per heavy atom. The second-order valence-electron chi connectivity index (χ2n) is 9.26. The normalized spacial score (nSPS) is 29.0. The lowest BCUT2D eigenvalue weighted by Gasteiger charge is -2.45. The fourth-order valence-corrected chi connectivity index (χ4v) is 3.98. The van der Waals surface area contributed by atoms with Crippen molar-refractivity contribution < 1.29 is 24.5 Å². The van der Waals surface area contributed by atoms with E-state index in [1.54, 1.807) is 44.2 Å². The van der Waals surface area contributed by atoms with Gasteiger partial charge >= 0.3 is 5.97 Å². The Balaban J connectivity index is 2.07. The predicted octanol–water partition coefficient (Wildman–Crippen LogP) is 4.23. The molecule has 2 aliphatic rings. The Morgan fingerprint density at radius 1 is 1.29 bits per heavy atom. The van der Waals surface area contributed by atoms with Crippen LogP contribution in [0.5, 0.6) is 0 Å². The summed E-state index contributed by atoms with van der Waals surface area (Å²) in [6.45, 7) is 11.4. The molecule has 2 rings (SSSR count). The van der Waals surface area contributed by atoms with Gasteiger partial charge in [-0.3, -0.25) is 9.59 Å². The molecule has 0 spiro atoms. The molecule has 5 heteroatoms. The zero-order valence-electron chi connectivity index (χ0n) is 19.5. The number of hydrogen-bond donors (Lipinski definition) is 2. The average Bonchev–Trinajstić information content (AvgIpc) is 2.70. The summed E-state index contributed by atoms with van der Waals surface area (Å²) in [5.41, 5.74) is 2.53. The van der Waals surface area contributed by atoms with Gasteiger partial charge in [0.1, 0.15) is 6.10 Å². The highest BCUT2D eigenvalue weighted by atomic mass is 16.5. The summed E-state index contributed by atoms with van der Waals surface area (Å²) in [6, 6.07) is 0. The van der Waals surface area contributed by atoms with Crippen LogP contribution in [0.15, 0.2) is 59.3 Å². The summed E-state index contributed by atoms with van der Waals surface area (Å²) in [6.07, 6.45) is 11.5. The molecule has 0 fully saturated rings. The standard InChI is InChI=1S/C26H36O5/c1-16(2)21-15-26(6)19(5)24(13-12-20(26)14-23(21)29)31-25(30)18(4)22(28)11-9-7-8-10-17(3)27/h7-9,11-14,17-19,22,24,27-28H,10,15H2,1-6H3. The van der Waals surface area contributed by atoms with E-state index in [2.05, 4.69) is 6.92 Å². The van der Waals surface area contributed by atoms with Crippen LogP contribution in [0.4, 0.5) is 0 Å². The minimum absolute atomic E-state index is 0.0153. The molecule has 6 unspecified atom stereocenters. The highest BCUT2D eigenvalue weighted by molar-refractivity contribution is 6.06. The number of carbonyl (C=O) groups is 2. The van der Waals surface area contributed by atoms with Gasteiger partial charge in [-0.25, -0.2) is 0 Å². The molecular weight excluding hydrogens is 392 g/mol. The monoisotopic (exact) mass is 428 g/mol. The maximum Gasteiger partial charge on any atom is 0.312 e. The third kappa shape index (κ3) is 5.92. The number of allylic oxidation sites excluding steroid dienone is 7. The van der Waals surface area contributed by atoms with Gasteiger partial charge < -0.3 is 14.9 Å². The molecule has 170 valence electrons. The maximum absolute atomic E-state index is 12.7. The molecule has 0 bridgehead atoms. The lowest BCUT2D eigenvalue weighted by atomic mass is 9.60. The molecule has 5 nitrogen and oxygen atoms in total. The van der Waals surface area contributed by atoms with Crippen LogP contribution in [0, 0.1) is 17.3 Å². The summed E-state index contributed by atoms with van der Waals surface area (Å²) in [7, 11) is 0. The quantitative estimate of drug-likeness (QED) is 0.360. The second kappa shape index (κ2) is 10.4. The van der Waals surface area contributed by atoms with E-state index in [9.17, 15) is 19.8 Å². The number of fused-ring (bicyclic) bond motifs is 1. The summed E-state index contributed by atoms with van der Waals surface area (Å²) < 4.78 is 5.78. The first-order valence-electron chi connectivity index (χ1n) is 11.0. The SMILES string of the molecule is CC(C)=C1CC2(C)C(=CC1=O)C=CC(OC(=O)C(C)C(O)C=CC=CCC(C)O)C2C. The second-order valence-corrected chi connectivity index (χ2v) is 9.26. The topological polar surface area (TPSA) is 83.8 Å². The number of rotatable bonds is 7. The van der Waals surface area contributed by atoms with Crippen molar-refractivity contribution in [2.75, 3.05) is 0 Å². The van der Waals surface area contributed by atoms with Gasteiger partial charge in [-0.1, -0.05) is 49.8 Å². The van der Waals surface area contributed by atoms with Crippen LogP contribution in [-0.2, 0) is 14.3 Å². The van der Waals surface area contributed by atoms with Gasteiger partial charge in [0, 0.05) is 11.3 Å². The minimum Gasteiger partial charge on any atom is -0.458 e. The fourth-order valence-electron chi connectivity index (χ4n) is 3.98. The van der Waals surface area contributed by atoms with Crippen LogP contribution < -0.4 is 0 Å². The molecule has 0 saturated carbocycles. The van der Waals surface area contributed by atoms with Crippen molar-refractivity contribution in [3.63, 3.8) is 0 Å². The van der Waals surface area contributed by atoms with E-state index in [0.717, 1.165) is 16.7 Å². The van der Waals surface area contributed by atoms with E-state index in [1.165, 1.54) is 0 Å². The number of ether oxygens (including phenoxy) is 1. The van der Waals surface area contributed by atoms with Crippen molar-refractivity contribution in [3.05, 3.63) is 59.3 Å². The molecule has 0 aromatic heterocycles. The largest absolute Gasteiger partial charge is 0.458 e. The first kappa shape index (κ1) is 25.0. The van der Waals surface area contributed by atoms with Crippen LogP contribution in [0.25, 0.3) is 0 Å². The third-order valence-electron chi connectivity index (χ3n) is 6.52. The number of ketones is 1. The molecule has 0 radical (unpaired) electrons. The summed E-state index contributed by atoms with van der Waals surface area (Å²) in [5, 5.41) is 19.5. The van der Waals surface area contributed by atoms with Crippen molar-refractivity contribution in [3.8, 4) is 0 Å². The van der Waals surface area contributed by atoms with E-state index in [1.807, 2.05) is 32.9 Å². The van der Waals surface area contributed by atoms with Crippen molar-refractivity contribution in [2.45, 2.75) is 72.7 Å². The summed E-state index contributed by atoms with van der Waals surface area (Å²) in [4.78, 5) is 25.1. The minimum atomic E-state index is -0.970. The lowest BCUT2D eigenvalue weighted by Crippen LogP contribution is -2.43. The van der Waals surface area contributed by atoms with Crippen LogP contribution in [0.2, 0.25) is 0 Å². The molecule has 0 heterocycles. The van der Waals surface area contributed by atoms with E-state index in [-0.39, 0.29) is 17.1 Å². The van der Waals surface area contributed by atoms with Gasteiger partial charge in [0.25, 0.3) is 0 Å². The molecule has 0 aromatic rings. The van der Waals surface area contributed by atoms with Crippen LogP contribution >= 0.6 is 0 Å². The van der Waals surface area contributed by atoms with Gasteiger partial charge in [0.2, 0.25) is 0 Å². The molecule has 0 aliphatic heterocycles. The molecule has 2 aliphatic carbocycles. The first-order valence-corrected chi connectivity index (χ1v) is 11.0. The number of carbonyl (C=O) groups excluding carboxylic acids is 2. The van der Waals surface area contributed by atoms with Gasteiger partial charge in [-0.15, -0.1) is 0 Å². The Labute approximate surface area is 185 Å². The van der Waals surface area contributed by atoms with Crippen molar-refractivity contribution in [2.24, 2.45) is 17.3 Å². The zero-order chi connectivity index (χ0) is 23.3. The molecular formula is C26H36O5. The molecule has 0 amide bonds. The molecule has 2 N–H and O–H groups in total. The van der Waals surface area contributed by atoms with Crippen molar-refractivity contribution in [1.82, 2.24) is 0 Å². The smallest absolute Gasteiger partial charge is 0.312 e. The Hall–Kier alpha value is -2.24. The molecule has 0 saturated heterocycles. The van der Waals surface area contributed by atoms with E-state index in [4.69, 9.17) is 4.74 Å². The van der Waals surface area contributed by atoms with Crippen LogP contribution in [-0.4, -0.2) is 40.3 Å². The maximum atomic E-state index is 12.7. The van der Waals surface area contributed by atoms with E-state index >= 15 is 0 Å². The Morgan fingerprint density at radius 2 is 1.97 bits per heavy atom. The Kier molecular flexibility index (Phi) is 8.38. The van der Waals surface area contributed by atoms with Crippen LogP contribution in [0.3, 0.4) is 0 Å². The number of hydrogen-bond acceptors (Lipinski definition) is 5. The first-order chi connectivity index (χ1) is 14.5. The number of aliphatic hydroxyl groups excluding tert-OH is 2. The summed E-state index contributed by atoms with van der Waals surface area (Å²) in [5.74, 6) is -1.13. The van der Waals surface area contributed by atoms with Gasteiger partial charge in [-0.2, -0.15) is 0 Å². The third-order valence-corrected chi connectivity index (χ3v) is 6.52. The highest BCUT2D eigenvalue weighted by Gasteiger charge is 2.45. The molecule has 0 aromatic carbocycles. The van der Waals surface area contributed by atoms with Crippen molar-refractivity contribution >= 4 is 11.8 Å². The Bertz CT molecular complexity index is 838. The van der Waals surface area contributed by atoms with Gasteiger partial charge in [0.15, 0.2) is 5.78 Å². The average molecular weight is 429 g/mol. The predicted molar refractivity (Wildman–Crippen MR) is 122 cm³/mol. The number of aliphatic hydroxyl groups is 2. The zero-order valence-corrected chi connectivity index (χ0v) is 19.5. The van der Waals surface area contributed by atoms with E-state index < -0.39 is 30.2 Å². The van der Waals surface area contributed by atoms with Gasteiger partial charge in [0.05, 0.1) is 18.1 Å². The molecule has 6 atom stereocenters. The fraction of sp³-hybridized carbons (Fsp3) is 0.538. The van der Waals surface area contributed by atoms with Crippen molar-refractivity contribution in [1.29, 1.82) is 0 Å². The van der Waals surface area contributed by atoms with Gasteiger partial charge in [-0.05, 0) is 63.8 Å². The highest BCUT2D eigenvalue weighted by Crippen LogP contribution is 2.50.